The zero-order valence-corrected chi connectivity index (χ0v) is 11.6. The minimum absolute atomic E-state index is 0.511. The van der Waals surface area contributed by atoms with E-state index < -0.39 is 0 Å². The van der Waals surface area contributed by atoms with Gasteiger partial charge in [0.15, 0.2) is 5.82 Å². The van der Waals surface area contributed by atoms with E-state index in [0.29, 0.717) is 11.8 Å². The molecule has 0 amide bonds. The molecule has 4 rings (SSSR count). The summed E-state index contributed by atoms with van der Waals surface area (Å²) < 4.78 is 7.14. The van der Waals surface area contributed by atoms with Gasteiger partial charge in [-0.15, -0.1) is 0 Å². The Kier molecular flexibility index (Phi) is 3.11. The molecular formula is C14H16N6O. The van der Waals surface area contributed by atoms with Crippen LogP contribution < -0.4 is 5.32 Å². The van der Waals surface area contributed by atoms with Gasteiger partial charge in [-0.2, -0.15) is 10.1 Å². The summed E-state index contributed by atoms with van der Waals surface area (Å²) in [4.78, 5) is 8.62. The predicted molar refractivity (Wildman–Crippen MR) is 75.6 cm³/mol. The normalized spacial score (nSPS) is 19.1. The van der Waals surface area contributed by atoms with Crippen LogP contribution in [0, 0.1) is 5.92 Å². The first-order valence-corrected chi connectivity index (χ1v) is 7.21. The van der Waals surface area contributed by atoms with Gasteiger partial charge in [0.25, 0.3) is 5.89 Å². The number of fused-ring (bicyclic) bond motifs is 1. The molecule has 1 aliphatic heterocycles. The summed E-state index contributed by atoms with van der Waals surface area (Å²) in [7, 11) is 0. The molecule has 21 heavy (non-hydrogen) atoms. The average Bonchev–Trinajstić information content (AvgIpc) is 3.14. The van der Waals surface area contributed by atoms with Gasteiger partial charge in [0.1, 0.15) is 0 Å². The van der Waals surface area contributed by atoms with Crippen LogP contribution in [0.1, 0.15) is 18.7 Å². The number of piperidine rings is 1. The fourth-order valence-electron chi connectivity index (χ4n) is 2.80. The van der Waals surface area contributed by atoms with Gasteiger partial charge in [-0.25, -0.2) is 4.52 Å². The van der Waals surface area contributed by atoms with Gasteiger partial charge >= 0.3 is 0 Å². The van der Waals surface area contributed by atoms with E-state index in [2.05, 4.69) is 25.5 Å². The second-order valence-electron chi connectivity index (χ2n) is 5.40. The van der Waals surface area contributed by atoms with Crippen LogP contribution in [0.15, 0.2) is 29.3 Å². The van der Waals surface area contributed by atoms with Crippen LogP contribution in [-0.4, -0.2) is 37.8 Å². The molecule has 0 aliphatic carbocycles. The van der Waals surface area contributed by atoms with Crippen molar-refractivity contribution in [3.63, 3.8) is 0 Å². The Hall–Kier alpha value is -2.28. The Morgan fingerprint density at radius 3 is 3.29 bits per heavy atom. The molecule has 1 saturated heterocycles. The average molecular weight is 284 g/mol. The van der Waals surface area contributed by atoms with Crippen LogP contribution in [0.4, 0.5) is 0 Å². The first-order valence-electron chi connectivity index (χ1n) is 7.21. The van der Waals surface area contributed by atoms with Crippen LogP contribution in [0.2, 0.25) is 0 Å². The van der Waals surface area contributed by atoms with Gasteiger partial charge in [0.2, 0.25) is 0 Å². The standard InChI is InChI=1S/C14H16N6O/c1-2-10(7-15-3-1)6-13-18-14(21-19-13)11-8-17-20-5-4-16-9-12(11)20/h4-5,8-10,15H,1-3,6-7H2. The third-order valence-corrected chi connectivity index (χ3v) is 3.89. The summed E-state index contributed by atoms with van der Waals surface area (Å²) in [6.07, 6.45) is 10.3. The van der Waals surface area contributed by atoms with Gasteiger partial charge in [-0.3, -0.25) is 4.98 Å². The van der Waals surface area contributed by atoms with Crippen molar-refractivity contribution in [3.8, 4) is 11.5 Å². The van der Waals surface area contributed by atoms with Crippen LogP contribution >= 0.6 is 0 Å². The first-order chi connectivity index (χ1) is 10.4. The Balaban J connectivity index is 1.59. The summed E-state index contributed by atoms with van der Waals surface area (Å²) in [6, 6.07) is 0. The highest BCUT2D eigenvalue weighted by molar-refractivity contribution is 5.73. The van der Waals surface area contributed by atoms with Gasteiger partial charge in [0, 0.05) is 18.8 Å². The molecule has 0 spiro atoms. The molecular weight excluding hydrogens is 268 g/mol. The molecule has 3 aromatic heterocycles. The molecule has 0 radical (unpaired) electrons. The summed E-state index contributed by atoms with van der Waals surface area (Å²) >= 11 is 0. The molecule has 4 heterocycles. The van der Waals surface area contributed by atoms with E-state index in [1.807, 2.05) is 0 Å². The zero-order chi connectivity index (χ0) is 14.1. The van der Waals surface area contributed by atoms with Crippen molar-refractivity contribution in [3.05, 3.63) is 30.6 Å². The summed E-state index contributed by atoms with van der Waals surface area (Å²) in [6.45, 7) is 2.15. The third-order valence-electron chi connectivity index (χ3n) is 3.89. The van der Waals surface area contributed by atoms with E-state index in [4.69, 9.17) is 4.52 Å². The number of nitrogens with zero attached hydrogens (tertiary/aromatic N) is 5. The van der Waals surface area contributed by atoms with E-state index in [-0.39, 0.29) is 0 Å². The Bertz CT molecular complexity index is 743. The number of hydrogen-bond acceptors (Lipinski definition) is 6. The van der Waals surface area contributed by atoms with E-state index >= 15 is 0 Å². The van der Waals surface area contributed by atoms with Crippen LogP contribution in [0.25, 0.3) is 17.0 Å². The molecule has 0 saturated carbocycles. The maximum Gasteiger partial charge on any atom is 0.261 e. The quantitative estimate of drug-likeness (QED) is 0.781. The summed E-state index contributed by atoms with van der Waals surface area (Å²) in [5.74, 6) is 1.87. The lowest BCUT2D eigenvalue weighted by Crippen LogP contribution is -2.31. The number of nitrogens with one attached hydrogen (secondary N) is 1. The first kappa shape index (κ1) is 12.5. The minimum Gasteiger partial charge on any atom is -0.334 e. The van der Waals surface area contributed by atoms with Gasteiger partial charge in [-0.05, 0) is 31.8 Å². The molecule has 1 N–H and O–H groups in total. The maximum absolute atomic E-state index is 5.40. The lowest BCUT2D eigenvalue weighted by atomic mass is 9.96. The van der Waals surface area contributed by atoms with Crippen molar-refractivity contribution in [2.75, 3.05) is 13.1 Å². The molecule has 1 fully saturated rings. The Morgan fingerprint density at radius 1 is 1.38 bits per heavy atom. The molecule has 108 valence electrons. The molecule has 1 unspecified atom stereocenters. The van der Waals surface area contributed by atoms with Crippen molar-refractivity contribution in [1.82, 2.24) is 30.1 Å². The second-order valence-corrected chi connectivity index (χ2v) is 5.40. The number of rotatable bonds is 3. The van der Waals surface area contributed by atoms with Crippen LogP contribution in [0.3, 0.4) is 0 Å². The monoisotopic (exact) mass is 284 g/mol. The lowest BCUT2D eigenvalue weighted by Gasteiger charge is -2.20. The summed E-state index contributed by atoms with van der Waals surface area (Å²) in [5, 5.41) is 11.8. The smallest absolute Gasteiger partial charge is 0.261 e. The topological polar surface area (TPSA) is 81.1 Å². The molecule has 1 atom stereocenters. The van der Waals surface area contributed by atoms with Gasteiger partial charge in [0.05, 0.1) is 23.5 Å². The minimum atomic E-state index is 0.511. The van der Waals surface area contributed by atoms with Crippen LogP contribution in [0.5, 0.6) is 0 Å². The number of hydrogen-bond donors (Lipinski definition) is 1. The zero-order valence-electron chi connectivity index (χ0n) is 11.6. The largest absolute Gasteiger partial charge is 0.334 e. The third kappa shape index (κ3) is 2.40. The summed E-state index contributed by atoms with van der Waals surface area (Å²) in [5.41, 5.74) is 1.69. The highest BCUT2D eigenvalue weighted by atomic mass is 16.5. The molecule has 0 aromatic carbocycles. The fourth-order valence-corrected chi connectivity index (χ4v) is 2.80. The Morgan fingerprint density at radius 2 is 2.38 bits per heavy atom. The van der Waals surface area contributed by atoms with Crippen molar-refractivity contribution in [2.24, 2.45) is 5.92 Å². The van der Waals surface area contributed by atoms with Crippen LogP contribution in [-0.2, 0) is 6.42 Å². The van der Waals surface area contributed by atoms with Gasteiger partial charge < -0.3 is 9.84 Å². The highest BCUT2D eigenvalue weighted by Crippen LogP contribution is 2.23. The predicted octanol–water partition coefficient (Wildman–Crippen LogP) is 1.32. The number of aromatic nitrogens is 5. The SMILES string of the molecule is c1cn2ncc(-c3nc(CC4CCCNC4)no3)c2cn1. The van der Waals surface area contributed by atoms with Crippen molar-refractivity contribution in [2.45, 2.75) is 19.3 Å². The second kappa shape index (κ2) is 5.25. The molecule has 0 bridgehead atoms. The van der Waals surface area contributed by atoms with E-state index in [1.54, 1.807) is 29.3 Å². The van der Waals surface area contributed by atoms with Crippen molar-refractivity contribution < 1.29 is 4.52 Å². The molecule has 1 aliphatic rings. The van der Waals surface area contributed by atoms with E-state index in [9.17, 15) is 0 Å². The highest BCUT2D eigenvalue weighted by Gasteiger charge is 2.19. The molecule has 7 nitrogen and oxygen atoms in total. The van der Waals surface area contributed by atoms with Gasteiger partial charge in [-0.1, -0.05) is 5.16 Å². The van der Waals surface area contributed by atoms with E-state index in [1.165, 1.54) is 12.8 Å². The van der Waals surface area contributed by atoms with Crippen molar-refractivity contribution >= 4 is 5.52 Å². The fraction of sp³-hybridized carbons (Fsp3) is 0.429. The molecule has 7 heteroatoms. The maximum atomic E-state index is 5.40. The Labute approximate surface area is 121 Å². The van der Waals surface area contributed by atoms with Crippen molar-refractivity contribution in [1.29, 1.82) is 0 Å². The molecule has 3 aromatic rings. The lowest BCUT2D eigenvalue weighted by molar-refractivity contribution is 0.360. The van der Waals surface area contributed by atoms with E-state index in [0.717, 1.165) is 36.4 Å².